The molecular formula is C31H50O3. The Morgan fingerprint density at radius 1 is 1.12 bits per heavy atom. The number of ether oxygens (including phenoxy) is 1. The number of aliphatic hydroxyl groups is 1. The van der Waals surface area contributed by atoms with Crippen molar-refractivity contribution in [2.75, 3.05) is 6.61 Å². The number of hydrogen-bond acceptors (Lipinski definition) is 3. The zero-order valence-electron chi connectivity index (χ0n) is 22.6. The van der Waals surface area contributed by atoms with Crippen LogP contribution < -0.4 is 0 Å². The van der Waals surface area contributed by atoms with Gasteiger partial charge in [-0.1, -0.05) is 72.1 Å². The summed E-state index contributed by atoms with van der Waals surface area (Å²) in [5, 5.41) is 9.19. The van der Waals surface area contributed by atoms with Crippen molar-refractivity contribution in [2.24, 2.45) is 46.3 Å². The molecule has 2 unspecified atom stereocenters. The van der Waals surface area contributed by atoms with Gasteiger partial charge in [0.15, 0.2) is 0 Å². The first kappa shape index (κ1) is 26.0. The van der Waals surface area contributed by atoms with E-state index in [9.17, 15) is 9.90 Å². The van der Waals surface area contributed by atoms with E-state index >= 15 is 0 Å². The predicted octanol–water partition coefficient (Wildman–Crippen LogP) is 7.49. The Morgan fingerprint density at radius 3 is 2.59 bits per heavy atom. The number of allylic oxidation sites excluding steroid dienone is 1. The molecule has 0 heterocycles. The molecule has 1 N–H and O–H groups in total. The fourth-order valence-electron chi connectivity index (χ4n) is 9.05. The molecule has 34 heavy (non-hydrogen) atoms. The molecule has 0 spiro atoms. The zero-order chi connectivity index (χ0) is 24.7. The number of rotatable bonds is 8. The van der Waals surface area contributed by atoms with Crippen molar-refractivity contribution in [2.45, 2.75) is 111 Å². The summed E-state index contributed by atoms with van der Waals surface area (Å²) in [6.45, 7) is 15.7. The quantitative estimate of drug-likeness (QED) is 0.227. The smallest absolute Gasteiger partial charge is 0.336 e. The van der Waals surface area contributed by atoms with Crippen LogP contribution in [0.25, 0.3) is 0 Å². The number of hydrogen-bond donors (Lipinski definition) is 1. The van der Waals surface area contributed by atoms with Gasteiger partial charge in [0.25, 0.3) is 0 Å². The second-order valence-electron chi connectivity index (χ2n) is 13.3. The number of carbonyl (C=O) groups is 1. The van der Waals surface area contributed by atoms with Gasteiger partial charge in [-0.15, -0.1) is 0 Å². The monoisotopic (exact) mass is 470 g/mol. The van der Waals surface area contributed by atoms with Crippen LogP contribution in [0, 0.1) is 46.3 Å². The molecule has 0 aromatic heterocycles. The SMILES string of the molecule is C=C(CO)C(=O)O[C@H]1CC[C@@]2(C)C(=CC[C@@H]3C2CC[C@]2(C)C([C@H](C)CCCC(C)C)CC[C@@H]32)C1. The van der Waals surface area contributed by atoms with Gasteiger partial charge in [-0.2, -0.15) is 0 Å². The zero-order valence-corrected chi connectivity index (χ0v) is 22.6. The Morgan fingerprint density at radius 2 is 1.88 bits per heavy atom. The third kappa shape index (κ3) is 4.67. The van der Waals surface area contributed by atoms with Crippen LogP contribution in [0.3, 0.4) is 0 Å². The van der Waals surface area contributed by atoms with Gasteiger partial charge in [-0.3, -0.25) is 0 Å². The minimum Gasteiger partial charge on any atom is -0.459 e. The lowest BCUT2D eigenvalue weighted by Gasteiger charge is -2.58. The maximum absolute atomic E-state index is 12.2. The third-order valence-corrected chi connectivity index (χ3v) is 11.0. The summed E-state index contributed by atoms with van der Waals surface area (Å²) >= 11 is 0. The van der Waals surface area contributed by atoms with Crippen LogP contribution in [0.5, 0.6) is 0 Å². The van der Waals surface area contributed by atoms with Crippen LogP contribution in [0.1, 0.15) is 105 Å². The largest absolute Gasteiger partial charge is 0.459 e. The van der Waals surface area contributed by atoms with Gasteiger partial charge in [-0.25, -0.2) is 4.79 Å². The normalized spacial score (nSPS) is 40.1. The predicted molar refractivity (Wildman–Crippen MR) is 139 cm³/mol. The van der Waals surface area contributed by atoms with E-state index in [-0.39, 0.29) is 23.7 Å². The molecule has 4 aliphatic rings. The lowest BCUT2D eigenvalue weighted by atomic mass is 9.47. The fourth-order valence-corrected chi connectivity index (χ4v) is 9.05. The van der Waals surface area contributed by atoms with Crippen molar-refractivity contribution in [1.29, 1.82) is 0 Å². The summed E-state index contributed by atoms with van der Waals surface area (Å²) in [4.78, 5) is 12.2. The first-order chi connectivity index (χ1) is 16.1. The summed E-state index contributed by atoms with van der Waals surface area (Å²) in [5.74, 6) is 4.64. The molecule has 4 aliphatic carbocycles. The Labute approximate surface area is 208 Å². The molecule has 0 radical (unpaired) electrons. The second kappa shape index (κ2) is 10.1. The van der Waals surface area contributed by atoms with Crippen molar-refractivity contribution >= 4 is 5.97 Å². The van der Waals surface area contributed by atoms with E-state index in [1.165, 1.54) is 56.9 Å². The fraction of sp³-hybridized carbons (Fsp3) is 0.839. The van der Waals surface area contributed by atoms with Crippen LogP contribution in [-0.2, 0) is 9.53 Å². The van der Waals surface area contributed by atoms with Crippen LogP contribution in [0.2, 0.25) is 0 Å². The molecule has 3 saturated carbocycles. The molecule has 3 fully saturated rings. The van der Waals surface area contributed by atoms with Gasteiger partial charge in [0.05, 0.1) is 12.2 Å². The number of fused-ring (bicyclic) bond motifs is 5. The van der Waals surface area contributed by atoms with Crippen molar-refractivity contribution < 1.29 is 14.6 Å². The van der Waals surface area contributed by atoms with E-state index in [0.717, 1.165) is 54.8 Å². The lowest BCUT2D eigenvalue weighted by molar-refractivity contribution is -0.147. The van der Waals surface area contributed by atoms with Gasteiger partial charge >= 0.3 is 5.97 Å². The summed E-state index contributed by atoms with van der Waals surface area (Å²) < 4.78 is 5.71. The lowest BCUT2D eigenvalue weighted by Crippen LogP contribution is -2.51. The van der Waals surface area contributed by atoms with Crippen LogP contribution in [-0.4, -0.2) is 23.8 Å². The van der Waals surface area contributed by atoms with E-state index in [2.05, 4.69) is 47.3 Å². The molecule has 0 aromatic carbocycles. The highest BCUT2D eigenvalue weighted by Crippen LogP contribution is 2.67. The van der Waals surface area contributed by atoms with E-state index < -0.39 is 5.97 Å². The van der Waals surface area contributed by atoms with Crippen LogP contribution >= 0.6 is 0 Å². The highest BCUT2D eigenvalue weighted by molar-refractivity contribution is 5.88. The van der Waals surface area contributed by atoms with Crippen molar-refractivity contribution in [1.82, 2.24) is 0 Å². The summed E-state index contributed by atoms with van der Waals surface area (Å²) in [5.41, 5.74) is 2.49. The molecular weight excluding hydrogens is 420 g/mol. The van der Waals surface area contributed by atoms with Crippen LogP contribution in [0.15, 0.2) is 23.8 Å². The summed E-state index contributed by atoms with van der Waals surface area (Å²) in [7, 11) is 0. The molecule has 0 bridgehead atoms. The van der Waals surface area contributed by atoms with E-state index in [4.69, 9.17) is 4.74 Å². The summed E-state index contributed by atoms with van der Waals surface area (Å²) in [6, 6.07) is 0. The Hall–Kier alpha value is -1.09. The molecule has 0 amide bonds. The van der Waals surface area contributed by atoms with Crippen molar-refractivity contribution in [3.63, 3.8) is 0 Å². The minimum absolute atomic E-state index is 0.0666. The van der Waals surface area contributed by atoms with Gasteiger partial charge < -0.3 is 9.84 Å². The molecule has 192 valence electrons. The summed E-state index contributed by atoms with van der Waals surface area (Å²) in [6.07, 6.45) is 16.4. The van der Waals surface area contributed by atoms with Gasteiger partial charge in [0.1, 0.15) is 6.10 Å². The van der Waals surface area contributed by atoms with Gasteiger partial charge in [0.2, 0.25) is 0 Å². The minimum atomic E-state index is -0.432. The maximum atomic E-state index is 12.2. The molecule has 8 atom stereocenters. The van der Waals surface area contributed by atoms with E-state index in [1.807, 2.05) is 0 Å². The molecule has 4 rings (SSSR count). The standard InChI is InChI=1S/C31H50O3/c1-20(2)8-7-9-21(3)26-12-13-27-25-11-10-23-18-24(34-29(33)22(4)19-32)14-16-30(23,5)28(25)15-17-31(26,27)6/h10,20-21,24-28,32H,4,7-9,11-19H2,1-3,5-6H3/t21-,24+,25+,26?,27+,28?,30+,31-/m1/s1. The highest BCUT2D eigenvalue weighted by atomic mass is 16.5. The number of aliphatic hydroxyl groups excluding tert-OH is 1. The molecule has 0 aromatic rings. The first-order valence-corrected chi connectivity index (χ1v) is 14.3. The molecule has 3 nitrogen and oxygen atoms in total. The van der Waals surface area contributed by atoms with Crippen molar-refractivity contribution in [3.8, 4) is 0 Å². The van der Waals surface area contributed by atoms with E-state index in [0.29, 0.717) is 5.41 Å². The average Bonchev–Trinajstić information content (AvgIpc) is 3.15. The molecule has 3 heteroatoms. The third-order valence-electron chi connectivity index (χ3n) is 11.0. The first-order valence-electron chi connectivity index (χ1n) is 14.3. The number of carbonyl (C=O) groups excluding carboxylic acids is 1. The Kier molecular flexibility index (Phi) is 7.73. The molecule has 0 aliphatic heterocycles. The topological polar surface area (TPSA) is 46.5 Å². The Bertz CT molecular complexity index is 796. The van der Waals surface area contributed by atoms with Crippen LogP contribution in [0.4, 0.5) is 0 Å². The number of esters is 1. The highest BCUT2D eigenvalue weighted by Gasteiger charge is 2.59. The maximum Gasteiger partial charge on any atom is 0.336 e. The molecule has 0 saturated heterocycles. The Balaban J connectivity index is 1.44. The van der Waals surface area contributed by atoms with E-state index in [1.54, 1.807) is 0 Å². The average molecular weight is 471 g/mol. The van der Waals surface area contributed by atoms with Gasteiger partial charge in [0, 0.05) is 6.42 Å². The van der Waals surface area contributed by atoms with Crippen molar-refractivity contribution in [3.05, 3.63) is 23.8 Å². The van der Waals surface area contributed by atoms with Gasteiger partial charge in [-0.05, 0) is 91.3 Å². The second-order valence-corrected chi connectivity index (χ2v) is 13.3.